The minimum atomic E-state index is -0.135. The van der Waals surface area contributed by atoms with E-state index in [9.17, 15) is 9.59 Å². The molecule has 0 bridgehead atoms. The predicted molar refractivity (Wildman–Crippen MR) is 106 cm³/mol. The number of amides is 1. The van der Waals surface area contributed by atoms with E-state index in [1.165, 1.54) is 6.92 Å². The molecule has 3 rings (SSSR count). The molecule has 0 aliphatic carbocycles. The van der Waals surface area contributed by atoms with Crippen molar-refractivity contribution in [1.29, 1.82) is 0 Å². The second kappa shape index (κ2) is 7.99. The van der Waals surface area contributed by atoms with Crippen LogP contribution in [0.15, 0.2) is 48.5 Å². The summed E-state index contributed by atoms with van der Waals surface area (Å²) >= 11 is 0. The maximum atomic E-state index is 12.6. The molecule has 1 heterocycles. The minimum Gasteiger partial charge on any atom is -0.497 e. The zero-order valence-electron chi connectivity index (χ0n) is 15.7. The number of hydrogen-bond acceptors (Lipinski definition) is 4. The maximum Gasteiger partial charge on any atom is 0.224 e. The number of Topliss-reactive ketones (excluding diaryl/α,β-unsaturated/α-hetero) is 1. The number of nitrogens with one attached hydrogen (secondary N) is 1. The molecule has 0 spiro atoms. The van der Waals surface area contributed by atoms with E-state index in [2.05, 4.69) is 10.3 Å². The number of pyridine rings is 1. The first-order valence-electron chi connectivity index (χ1n) is 8.82. The number of ether oxygens (including phenoxy) is 1. The number of rotatable bonds is 6. The molecule has 0 saturated heterocycles. The Kier molecular flexibility index (Phi) is 5.50. The minimum absolute atomic E-state index is 0.115. The van der Waals surface area contributed by atoms with Crippen molar-refractivity contribution in [2.45, 2.75) is 26.7 Å². The first-order chi connectivity index (χ1) is 13.0. The molecule has 2 aromatic carbocycles. The molecule has 5 nitrogen and oxygen atoms in total. The van der Waals surface area contributed by atoms with Gasteiger partial charge >= 0.3 is 0 Å². The van der Waals surface area contributed by atoms with Crippen LogP contribution >= 0.6 is 0 Å². The zero-order valence-corrected chi connectivity index (χ0v) is 15.7. The fourth-order valence-electron chi connectivity index (χ4n) is 3.15. The summed E-state index contributed by atoms with van der Waals surface area (Å²) in [4.78, 5) is 29.2. The van der Waals surface area contributed by atoms with Crippen LogP contribution in [0.2, 0.25) is 0 Å². The average Bonchev–Trinajstić information content (AvgIpc) is 2.66. The van der Waals surface area contributed by atoms with Crippen molar-refractivity contribution in [1.82, 2.24) is 4.98 Å². The number of fused-ring (bicyclic) bond motifs is 1. The maximum absolute atomic E-state index is 12.6. The molecule has 0 atom stereocenters. The van der Waals surface area contributed by atoms with Gasteiger partial charge < -0.3 is 10.1 Å². The first-order valence-corrected chi connectivity index (χ1v) is 8.82. The SMILES string of the molecule is COc1ccc(CCC(=O)Nc2c(C(C)=O)c(C)nc3ccccc23)cc1. The van der Waals surface area contributed by atoms with Crippen molar-refractivity contribution < 1.29 is 14.3 Å². The summed E-state index contributed by atoms with van der Waals surface area (Å²) in [6.45, 7) is 3.28. The van der Waals surface area contributed by atoms with E-state index in [-0.39, 0.29) is 11.7 Å². The number of aryl methyl sites for hydroxylation is 2. The van der Waals surface area contributed by atoms with Crippen molar-refractivity contribution in [3.05, 3.63) is 65.4 Å². The normalized spacial score (nSPS) is 10.6. The number of methoxy groups -OCH3 is 1. The van der Waals surface area contributed by atoms with Crippen LogP contribution in [0.1, 0.15) is 35.0 Å². The molecule has 1 amide bonds. The number of aromatic nitrogens is 1. The van der Waals surface area contributed by atoms with Crippen LogP contribution in [0.5, 0.6) is 5.75 Å². The van der Waals surface area contributed by atoms with Crippen molar-refractivity contribution in [2.75, 3.05) is 12.4 Å². The Morgan fingerprint density at radius 3 is 2.44 bits per heavy atom. The van der Waals surface area contributed by atoms with Gasteiger partial charge in [0.1, 0.15) is 5.75 Å². The van der Waals surface area contributed by atoms with E-state index in [1.54, 1.807) is 14.0 Å². The highest BCUT2D eigenvalue weighted by Crippen LogP contribution is 2.29. The largest absolute Gasteiger partial charge is 0.497 e. The van der Waals surface area contributed by atoms with Crippen molar-refractivity contribution in [2.24, 2.45) is 0 Å². The summed E-state index contributed by atoms with van der Waals surface area (Å²) in [5.74, 6) is 0.535. The molecule has 0 aliphatic rings. The summed E-state index contributed by atoms with van der Waals surface area (Å²) in [5, 5.41) is 3.71. The lowest BCUT2D eigenvalue weighted by atomic mass is 10.0. The number of carbonyl (C=O) groups excluding carboxylic acids is 2. The van der Waals surface area contributed by atoms with Crippen LogP contribution in [0.3, 0.4) is 0 Å². The van der Waals surface area contributed by atoms with Crippen molar-refractivity contribution in [3.63, 3.8) is 0 Å². The number of nitrogens with zero attached hydrogens (tertiary/aromatic N) is 1. The molecule has 5 heteroatoms. The Morgan fingerprint density at radius 1 is 1.07 bits per heavy atom. The summed E-state index contributed by atoms with van der Waals surface area (Å²) in [7, 11) is 1.62. The van der Waals surface area contributed by atoms with Crippen LogP contribution in [0, 0.1) is 6.92 Å². The van der Waals surface area contributed by atoms with Gasteiger partial charge in [-0.05, 0) is 44.0 Å². The molecule has 27 heavy (non-hydrogen) atoms. The Bertz CT molecular complexity index is 994. The van der Waals surface area contributed by atoms with Gasteiger partial charge in [0.05, 0.1) is 29.6 Å². The first kappa shape index (κ1) is 18.6. The van der Waals surface area contributed by atoms with E-state index in [1.807, 2.05) is 48.5 Å². The van der Waals surface area contributed by atoms with E-state index in [4.69, 9.17) is 4.74 Å². The second-order valence-corrected chi connectivity index (χ2v) is 6.42. The molecule has 0 unspecified atom stereocenters. The summed E-state index contributed by atoms with van der Waals surface area (Å²) in [6, 6.07) is 15.1. The summed E-state index contributed by atoms with van der Waals surface area (Å²) in [5.41, 5.74) is 3.43. The molecule has 0 saturated carbocycles. The molecule has 1 aromatic heterocycles. The lowest BCUT2D eigenvalue weighted by Crippen LogP contribution is -2.16. The number of ketones is 1. The van der Waals surface area contributed by atoms with E-state index < -0.39 is 0 Å². The second-order valence-electron chi connectivity index (χ2n) is 6.42. The Morgan fingerprint density at radius 2 is 1.78 bits per heavy atom. The lowest BCUT2D eigenvalue weighted by Gasteiger charge is -2.14. The van der Waals surface area contributed by atoms with Crippen molar-refractivity contribution >= 4 is 28.3 Å². The van der Waals surface area contributed by atoms with Crippen LogP contribution in [-0.4, -0.2) is 23.8 Å². The van der Waals surface area contributed by atoms with E-state index in [0.717, 1.165) is 22.2 Å². The van der Waals surface area contributed by atoms with Gasteiger partial charge in [-0.25, -0.2) is 0 Å². The third-order valence-electron chi connectivity index (χ3n) is 4.49. The van der Waals surface area contributed by atoms with Crippen LogP contribution in [0.4, 0.5) is 5.69 Å². The number of hydrogen-bond donors (Lipinski definition) is 1. The van der Waals surface area contributed by atoms with E-state index >= 15 is 0 Å². The van der Waals surface area contributed by atoms with Crippen LogP contribution in [-0.2, 0) is 11.2 Å². The Hall–Kier alpha value is -3.21. The molecular formula is C22H22N2O3. The van der Waals surface area contributed by atoms with E-state index in [0.29, 0.717) is 29.8 Å². The lowest BCUT2D eigenvalue weighted by molar-refractivity contribution is -0.116. The fraction of sp³-hybridized carbons (Fsp3) is 0.227. The smallest absolute Gasteiger partial charge is 0.224 e. The summed E-state index contributed by atoms with van der Waals surface area (Å²) < 4.78 is 5.14. The molecule has 1 N–H and O–H groups in total. The quantitative estimate of drug-likeness (QED) is 0.663. The molecule has 0 radical (unpaired) electrons. The molecule has 0 aliphatic heterocycles. The Labute approximate surface area is 158 Å². The van der Waals surface area contributed by atoms with Crippen LogP contribution < -0.4 is 10.1 Å². The monoisotopic (exact) mass is 362 g/mol. The van der Waals surface area contributed by atoms with Gasteiger partial charge in [-0.2, -0.15) is 0 Å². The highest BCUT2D eigenvalue weighted by Gasteiger charge is 2.18. The van der Waals surface area contributed by atoms with Gasteiger partial charge in [-0.1, -0.05) is 30.3 Å². The van der Waals surface area contributed by atoms with Gasteiger partial charge in [0, 0.05) is 11.8 Å². The number of benzene rings is 2. The third kappa shape index (κ3) is 4.14. The molecule has 138 valence electrons. The standard InChI is InChI=1S/C22H22N2O3/c1-14-21(15(2)25)22(18-6-4-5-7-19(18)23-14)24-20(26)13-10-16-8-11-17(27-3)12-9-16/h4-9,11-12H,10,13H2,1-3H3,(H,23,24,26). The van der Waals surface area contributed by atoms with Gasteiger partial charge in [-0.15, -0.1) is 0 Å². The van der Waals surface area contributed by atoms with Gasteiger partial charge in [0.15, 0.2) is 5.78 Å². The van der Waals surface area contributed by atoms with Gasteiger partial charge in [-0.3, -0.25) is 14.6 Å². The average molecular weight is 362 g/mol. The third-order valence-corrected chi connectivity index (χ3v) is 4.49. The Balaban J connectivity index is 1.83. The summed E-state index contributed by atoms with van der Waals surface area (Å²) in [6.07, 6.45) is 0.923. The fourth-order valence-corrected chi connectivity index (χ4v) is 3.15. The predicted octanol–water partition coefficient (Wildman–Crippen LogP) is 4.33. The zero-order chi connectivity index (χ0) is 19.4. The number of anilines is 1. The number of carbonyl (C=O) groups is 2. The highest BCUT2D eigenvalue weighted by atomic mass is 16.5. The highest BCUT2D eigenvalue weighted by molar-refractivity contribution is 6.12. The molecular weight excluding hydrogens is 340 g/mol. The molecule has 0 fully saturated rings. The topological polar surface area (TPSA) is 68.3 Å². The molecule has 3 aromatic rings. The van der Waals surface area contributed by atoms with Crippen molar-refractivity contribution in [3.8, 4) is 5.75 Å². The number of para-hydroxylation sites is 1. The van der Waals surface area contributed by atoms with Gasteiger partial charge in [0.25, 0.3) is 0 Å². The van der Waals surface area contributed by atoms with Crippen LogP contribution in [0.25, 0.3) is 10.9 Å². The van der Waals surface area contributed by atoms with Gasteiger partial charge in [0.2, 0.25) is 5.91 Å².